The van der Waals surface area contributed by atoms with Gasteiger partial charge in [-0.3, -0.25) is 9.59 Å². The fourth-order valence-electron chi connectivity index (χ4n) is 4.38. The third kappa shape index (κ3) is 5.83. The minimum absolute atomic E-state index is 0.0591. The average Bonchev–Trinajstić information content (AvgIpc) is 3.44. The predicted molar refractivity (Wildman–Crippen MR) is 138 cm³/mol. The van der Waals surface area contributed by atoms with Crippen LogP contribution in [0, 0.1) is 0 Å². The van der Waals surface area contributed by atoms with Gasteiger partial charge in [0.1, 0.15) is 25.2 Å². The summed E-state index contributed by atoms with van der Waals surface area (Å²) in [5.41, 5.74) is 4.50. The maximum absolute atomic E-state index is 13.2. The third-order valence-corrected chi connectivity index (χ3v) is 6.42. The first-order valence-corrected chi connectivity index (χ1v) is 12.2. The fraction of sp³-hybridized carbons (Fsp3) is 0.250. The average molecular weight is 497 g/mol. The third-order valence-electron chi connectivity index (χ3n) is 6.42. The van der Waals surface area contributed by atoms with Crippen LogP contribution in [-0.4, -0.2) is 74.4 Å². The van der Waals surface area contributed by atoms with E-state index in [-0.39, 0.29) is 18.4 Å². The van der Waals surface area contributed by atoms with Crippen LogP contribution in [0.5, 0.6) is 5.75 Å². The quantitative estimate of drug-likeness (QED) is 0.433. The van der Waals surface area contributed by atoms with Crippen LogP contribution in [0.4, 0.5) is 0 Å². The molecule has 4 aromatic rings. The molecule has 2 bridgehead atoms. The molecule has 1 aliphatic heterocycles. The highest BCUT2D eigenvalue weighted by molar-refractivity contribution is 5.94. The van der Waals surface area contributed by atoms with Crippen LogP contribution < -0.4 is 4.74 Å². The Bertz CT molecular complexity index is 1370. The summed E-state index contributed by atoms with van der Waals surface area (Å²) in [5, 5.41) is 0. The molecular formula is C28H28N6O3. The molecule has 37 heavy (non-hydrogen) atoms. The van der Waals surface area contributed by atoms with Gasteiger partial charge in [-0.2, -0.15) is 0 Å². The van der Waals surface area contributed by atoms with E-state index < -0.39 is 0 Å². The number of fused-ring (bicyclic) bond motifs is 3. The molecule has 0 fully saturated rings. The van der Waals surface area contributed by atoms with Gasteiger partial charge in [-0.05, 0) is 41.0 Å². The number of amides is 2. The van der Waals surface area contributed by atoms with Gasteiger partial charge in [-0.25, -0.2) is 15.0 Å². The molecule has 5 rings (SSSR count). The normalized spacial score (nSPS) is 14.5. The van der Waals surface area contributed by atoms with Gasteiger partial charge in [-0.1, -0.05) is 18.2 Å². The van der Waals surface area contributed by atoms with Crippen LogP contribution in [0.1, 0.15) is 21.5 Å². The number of carbonyl (C=O) groups excluding carboxylic acids is 2. The van der Waals surface area contributed by atoms with Gasteiger partial charge in [0, 0.05) is 62.5 Å². The van der Waals surface area contributed by atoms with Crippen LogP contribution in [0.15, 0.2) is 79.9 Å². The molecule has 2 aromatic heterocycles. The van der Waals surface area contributed by atoms with E-state index in [1.165, 1.54) is 6.33 Å². The standard InChI is InChI=1S/C28H28N6O3/c1-32-9-10-34(27(35)18-33-8-7-29-20-33)11-12-37-26-6-5-22(25-16-30-19-31-17-25)15-24(26)14-21-3-2-4-23(13-21)28(32)36/h2-8,13,15-17,19-20H,9-12,14,18H2,1H3. The van der Waals surface area contributed by atoms with Crippen LogP contribution >= 0.6 is 0 Å². The number of nitrogens with zero attached hydrogens (tertiary/aromatic N) is 6. The van der Waals surface area contributed by atoms with Crippen molar-refractivity contribution in [3.63, 3.8) is 0 Å². The van der Waals surface area contributed by atoms with Crippen molar-refractivity contribution in [2.24, 2.45) is 0 Å². The number of rotatable bonds is 3. The second kappa shape index (κ2) is 11.0. The first kappa shape index (κ1) is 24.2. The zero-order valence-corrected chi connectivity index (χ0v) is 20.7. The highest BCUT2D eigenvalue weighted by Crippen LogP contribution is 2.28. The Balaban J connectivity index is 1.46. The van der Waals surface area contributed by atoms with E-state index in [2.05, 4.69) is 21.0 Å². The van der Waals surface area contributed by atoms with Crippen LogP contribution in [0.2, 0.25) is 0 Å². The lowest BCUT2D eigenvalue weighted by molar-refractivity contribution is -0.132. The topological polar surface area (TPSA) is 93.5 Å². The number of carbonyl (C=O) groups is 2. The van der Waals surface area contributed by atoms with Crippen molar-refractivity contribution < 1.29 is 14.3 Å². The molecule has 0 saturated carbocycles. The van der Waals surface area contributed by atoms with Crippen molar-refractivity contribution >= 4 is 11.8 Å². The summed E-state index contributed by atoms with van der Waals surface area (Å²) in [6.45, 7) is 1.72. The van der Waals surface area contributed by atoms with Crippen molar-refractivity contribution in [1.29, 1.82) is 0 Å². The molecule has 2 amide bonds. The molecule has 188 valence electrons. The van der Waals surface area contributed by atoms with Gasteiger partial charge in [0.2, 0.25) is 5.91 Å². The Morgan fingerprint density at radius 1 is 0.973 bits per heavy atom. The van der Waals surface area contributed by atoms with E-state index in [0.29, 0.717) is 38.2 Å². The van der Waals surface area contributed by atoms with Crippen molar-refractivity contribution in [3.8, 4) is 16.9 Å². The SMILES string of the molecule is CN1CCN(C(=O)Cn2ccnc2)CCOc2ccc(-c3cncnc3)cc2Cc2cccc(c2)C1=O. The largest absolute Gasteiger partial charge is 0.491 e. The maximum atomic E-state index is 13.2. The smallest absolute Gasteiger partial charge is 0.253 e. The molecule has 2 aromatic carbocycles. The van der Waals surface area contributed by atoms with E-state index in [4.69, 9.17) is 4.74 Å². The minimum atomic E-state index is -0.0763. The number of likely N-dealkylation sites (N-methyl/N-ethyl adjacent to an activating group) is 1. The Labute approximate surface area is 215 Å². The van der Waals surface area contributed by atoms with Crippen molar-refractivity contribution in [2.45, 2.75) is 13.0 Å². The Kier molecular flexibility index (Phi) is 7.21. The van der Waals surface area contributed by atoms with Crippen molar-refractivity contribution in [2.75, 3.05) is 33.3 Å². The summed E-state index contributed by atoms with van der Waals surface area (Å²) in [6, 6.07) is 13.7. The first-order chi connectivity index (χ1) is 18.1. The summed E-state index contributed by atoms with van der Waals surface area (Å²) >= 11 is 0. The van der Waals surface area contributed by atoms with E-state index in [1.807, 2.05) is 36.4 Å². The summed E-state index contributed by atoms with van der Waals surface area (Å²) < 4.78 is 7.97. The van der Waals surface area contributed by atoms with Gasteiger partial charge in [0.15, 0.2) is 0 Å². The summed E-state index contributed by atoms with van der Waals surface area (Å²) in [6.07, 6.45) is 10.7. The van der Waals surface area contributed by atoms with E-state index >= 15 is 0 Å². The predicted octanol–water partition coefficient (Wildman–Crippen LogP) is 2.92. The number of hydrogen-bond acceptors (Lipinski definition) is 6. The lowest BCUT2D eigenvalue weighted by Crippen LogP contribution is -2.42. The molecule has 1 aliphatic rings. The Morgan fingerprint density at radius 2 is 1.84 bits per heavy atom. The number of ether oxygens (including phenoxy) is 1. The molecule has 0 unspecified atom stereocenters. The number of benzene rings is 2. The highest BCUT2D eigenvalue weighted by Gasteiger charge is 2.19. The maximum Gasteiger partial charge on any atom is 0.253 e. The lowest BCUT2D eigenvalue weighted by Gasteiger charge is -2.27. The zero-order chi connectivity index (χ0) is 25.6. The number of hydrogen-bond donors (Lipinski definition) is 0. The van der Waals surface area contributed by atoms with E-state index in [0.717, 1.165) is 28.0 Å². The molecule has 0 N–H and O–H groups in total. The molecule has 3 heterocycles. The fourth-order valence-corrected chi connectivity index (χ4v) is 4.38. The number of imidazole rings is 1. The lowest BCUT2D eigenvalue weighted by atomic mass is 9.98. The van der Waals surface area contributed by atoms with Crippen LogP contribution in [0.25, 0.3) is 11.1 Å². The van der Waals surface area contributed by atoms with E-state index in [9.17, 15) is 9.59 Å². The Morgan fingerprint density at radius 3 is 2.65 bits per heavy atom. The van der Waals surface area contributed by atoms with Crippen LogP contribution in [-0.2, 0) is 17.8 Å². The molecule has 9 nitrogen and oxygen atoms in total. The van der Waals surface area contributed by atoms with Crippen molar-refractivity contribution in [3.05, 3.63) is 96.6 Å². The Hall–Kier alpha value is -4.53. The van der Waals surface area contributed by atoms with Gasteiger partial charge < -0.3 is 19.1 Å². The summed E-state index contributed by atoms with van der Waals surface area (Å²) in [5.74, 6) is 0.609. The van der Waals surface area contributed by atoms with Crippen LogP contribution in [0.3, 0.4) is 0 Å². The van der Waals surface area contributed by atoms with E-state index in [1.54, 1.807) is 52.5 Å². The highest BCUT2D eigenvalue weighted by atomic mass is 16.5. The second-order valence-electron chi connectivity index (χ2n) is 9.02. The summed E-state index contributed by atoms with van der Waals surface area (Å²) in [7, 11) is 1.76. The first-order valence-electron chi connectivity index (χ1n) is 12.2. The number of aromatic nitrogens is 4. The second-order valence-corrected chi connectivity index (χ2v) is 9.02. The zero-order valence-electron chi connectivity index (χ0n) is 20.7. The van der Waals surface area contributed by atoms with Crippen molar-refractivity contribution in [1.82, 2.24) is 29.3 Å². The molecular weight excluding hydrogens is 468 g/mol. The molecule has 0 radical (unpaired) electrons. The van der Waals surface area contributed by atoms with Gasteiger partial charge in [0.25, 0.3) is 5.91 Å². The molecule has 0 spiro atoms. The van der Waals surface area contributed by atoms with Gasteiger partial charge >= 0.3 is 0 Å². The molecule has 0 atom stereocenters. The van der Waals surface area contributed by atoms with Gasteiger partial charge in [-0.15, -0.1) is 0 Å². The molecule has 0 saturated heterocycles. The summed E-state index contributed by atoms with van der Waals surface area (Å²) in [4.78, 5) is 41.9. The minimum Gasteiger partial charge on any atom is -0.491 e. The van der Waals surface area contributed by atoms with Gasteiger partial charge in [0.05, 0.1) is 12.9 Å². The monoisotopic (exact) mass is 496 g/mol. The molecule has 0 aliphatic carbocycles. The molecule has 9 heteroatoms.